The number of rotatable bonds is 3. The smallest absolute Gasteiger partial charge is 0.254 e. The standard InChI is InChI=1S/C13H12F2N2O2/c1-7(12-3-2-4-19-12)17-13(18)8-5-11(16)10(15)6-9(8)14/h2-7H,16H2,1H3,(H,17,18). The van der Waals surface area contributed by atoms with Gasteiger partial charge in [0.25, 0.3) is 5.91 Å². The largest absolute Gasteiger partial charge is 0.467 e. The molecule has 2 aromatic rings. The fraction of sp³-hybridized carbons (Fsp3) is 0.154. The third-order valence-corrected chi connectivity index (χ3v) is 2.65. The van der Waals surface area contributed by atoms with Crippen LogP contribution >= 0.6 is 0 Å². The van der Waals surface area contributed by atoms with Crippen molar-refractivity contribution in [1.29, 1.82) is 0 Å². The first-order valence-corrected chi connectivity index (χ1v) is 5.58. The number of furan rings is 1. The van der Waals surface area contributed by atoms with E-state index in [-0.39, 0.29) is 11.3 Å². The molecule has 0 bridgehead atoms. The molecule has 100 valence electrons. The Kier molecular flexibility index (Phi) is 3.50. The summed E-state index contributed by atoms with van der Waals surface area (Å²) in [7, 11) is 0. The van der Waals surface area contributed by atoms with Crippen LogP contribution in [0.5, 0.6) is 0 Å². The highest BCUT2D eigenvalue weighted by Gasteiger charge is 2.18. The Morgan fingerprint density at radius 1 is 1.37 bits per heavy atom. The van der Waals surface area contributed by atoms with Crippen LogP contribution in [0.1, 0.15) is 29.1 Å². The van der Waals surface area contributed by atoms with Gasteiger partial charge < -0.3 is 15.5 Å². The molecule has 0 spiro atoms. The molecule has 19 heavy (non-hydrogen) atoms. The average Bonchev–Trinajstić information content (AvgIpc) is 2.87. The predicted molar refractivity (Wildman–Crippen MR) is 65.4 cm³/mol. The number of anilines is 1. The van der Waals surface area contributed by atoms with Gasteiger partial charge in [0.2, 0.25) is 0 Å². The summed E-state index contributed by atoms with van der Waals surface area (Å²) in [4.78, 5) is 11.9. The highest BCUT2D eigenvalue weighted by atomic mass is 19.1. The van der Waals surface area contributed by atoms with E-state index in [2.05, 4.69) is 5.32 Å². The molecule has 0 radical (unpaired) electrons. The van der Waals surface area contributed by atoms with Crippen LogP contribution in [0, 0.1) is 11.6 Å². The van der Waals surface area contributed by atoms with E-state index in [0.29, 0.717) is 11.8 Å². The minimum Gasteiger partial charge on any atom is -0.467 e. The Morgan fingerprint density at radius 2 is 2.11 bits per heavy atom. The van der Waals surface area contributed by atoms with Crippen molar-refractivity contribution in [3.05, 3.63) is 53.5 Å². The fourth-order valence-corrected chi connectivity index (χ4v) is 1.62. The number of nitrogen functional groups attached to an aromatic ring is 1. The number of hydrogen-bond acceptors (Lipinski definition) is 3. The Morgan fingerprint density at radius 3 is 2.74 bits per heavy atom. The molecule has 6 heteroatoms. The van der Waals surface area contributed by atoms with Crippen LogP contribution in [0.25, 0.3) is 0 Å². The quantitative estimate of drug-likeness (QED) is 0.839. The highest BCUT2D eigenvalue weighted by Crippen LogP contribution is 2.18. The number of nitrogens with two attached hydrogens (primary N) is 1. The van der Waals surface area contributed by atoms with Crippen LogP contribution in [0.4, 0.5) is 14.5 Å². The van der Waals surface area contributed by atoms with Gasteiger partial charge >= 0.3 is 0 Å². The normalized spacial score (nSPS) is 12.2. The van der Waals surface area contributed by atoms with Crippen molar-refractivity contribution in [2.45, 2.75) is 13.0 Å². The van der Waals surface area contributed by atoms with Crippen molar-refractivity contribution in [1.82, 2.24) is 5.32 Å². The number of benzene rings is 1. The summed E-state index contributed by atoms with van der Waals surface area (Å²) < 4.78 is 31.6. The predicted octanol–water partition coefficient (Wildman–Crippen LogP) is 2.63. The molecule has 1 heterocycles. The number of nitrogens with one attached hydrogen (secondary N) is 1. The first-order chi connectivity index (χ1) is 8.99. The van der Waals surface area contributed by atoms with Gasteiger partial charge in [0.1, 0.15) is 17.4 Å². The molecule has 0 aliphatic rings. The lowest BCUT2D eigenvalue weighted by Gasteiger charge is -2.12. The van der Waals surface area contributed by atoms with Gasteiger partial charge in [-0.2, -0.15) is 0 Å². The zero-order chi connectivity index (χ0) is 14.0. The number of hydrogen-bond donors (Lipinski definition) is 2. The van der Waals surface area contributed by atoms with E-state index in [1.54, 1.807) is 19.1 Å². The molecule has 0 saturated heterocycles. The summed E-state index contributed by atoms with van der Waals surface area (Å²) >= 11 is 0. The molecular weight excluding hydrogens is 254 g/mol. The lowest BCUT2D eigenvalue weighted by Crippen LogP contribution is -2.27. The van der Waals surface area contributed by atoms with E-state index in [4.69, 9.17) is 10.2 Å². The second-order valence-electron chi connectivity index (χ2n) is 4.06. The number of carbonyl (C=O) groups is 1. The summed E-state index contributed by atoms with van der Waals surface area (Å²) in [6.45, 7) is 1.68. The summed E-state index contributed by atoms with van der Waals surface area (Å²) in [5.74, 6) is -2.01. The van der Waals surface area contributed by atoms with Gasteiger partial charge in [-0.3, -0.25) is 4.79 Å². The maximum absolute atomic E-state index is 13.5. The minimum absolute atomic E-state index is 0.280. The Hall–Kier alpha value is -2.37. The van der Waals surface area contributed by atoms with E-state index in [1.165, 1.54) is 6.26 Å². The zero-order valence-electron chi connectivity index (χ0n) is 10.1. The molecule has 0 aliphatic heterocycles. The molecule has 1 aromatic carbocycles. The molecule has 1 atom stereocenters. The highest BCUT2D eigenvalue weighted by molar-refractivity contribution is 5.95. The molecule has 0 saturated carbocycles. The first kappa shape index (κ1) is 13.1. The molecule has 1 aromatic heterocycles. The van der Waals surface area contributed by atoms with Gasteiger partial charge in [-0.05, 0) is 25.1 Å². The Bertz CT molecular complexity index is 597. The van der Waals surface area contributed by atoms with E-state index >= 15 is 0 Å². The Labute approximate surface area is 108 Å². The Balaban J connectivity index is 2.19. The first-order valence-electron chi connectivity index (χ1n) is 5.58. The van der Waals surface area contributed by atoms with Gasteiger partial charge in [-0.15, -0.1) is 0 Å². The molecule has 2 rings (SSSR count). The van der Waals surface area contributed by atoms with E-state index in [1.807, 2.05) is 0 Å². The average molecular weight is 266 g/mol. The van der Waals surface area contributed by atoms with E-state index < -0.39 is 23.6 Å². The summed E-state index contributed by atoms with van der Waals surface area (Å²) in [5.41, 5.74) is 4.72. The third-order valence-electron chi connectivity index (χ3n) is 2.65. The third kappa shape index (κ3) is 2.73. The minimum atomic E-state index is -0.962. The maximum Gasteiger partial charge on any atom is 0.254 e. The summed E-state index contributed by atoms with van der Waals surface area (Å²) in [5, 5.41) is 2.54. The van der Waals surface area contributed by atoms with Gasteiger partial charge in [0.05, 0.1) is 23.6 Å². The van der Waals surface area contributed by atoms with Crippen LogP contribution < -0.4 is 11.1 Å². The molecule has 0 fully saturated rings. The van der Waals surface area contributed by atoms with Crippen LogP contribution in [0.2, 0.25) is 0 Å². The van der Waals surface area contributed by atoms with Crippen LogP contribution in [0.3, 0.4) is 0 Å². The van der Waals surface area contributed by atoms with E-state index in [0.717, 1.165) is 6.07 Å². The lowest BCUT2D eigenvalue weighted by atomic mass is 10.1. The maximum atomic E-state index is 13.5. The van der Waals surface area contributed by atoms with Gasteiger partial charge in [0.15, 0.2) is 0 Å². The van der Waals surface area contributed by atoms with Crippen LogP contribution in [0.15, 0.2) is 34.9 Å². The number of halogens is 2. The monoisotopic (exact) mass is 266 g/mol. The van der Waals surface area contributed by atoms with E-state index in [9.17, 15) is 13.6 Å². The van der Waals surface area contributed by atoms with Crippen LogP contribution in [-0.4, -0.2) is 5.91 Å². The number of amides is 1. The SMILES string of the molecule is CC(NC(=O)c1cc(N)c(F)cc1F)c1ccco1. The van der Waals surface area contributed by atoms with Gasteiger partial charge in [0, 0.05) is 6.07 Å². The zero-order valence-corrected chi connectivity index (χ0v) is 10.1. The van der Waals surface area contributed by atoms with Gasteiger partial charge in [-0.1, -0.05) is 0 Å². The fourth-order valence-electron chi connectivity index (χ4n) is 1.62. The van der Waals surface area contributed by atoms with Crippen molar-refractivity contribution in [3.8, 4) is 0 Å². The molecule has 3 N–H and O–H groups in total. The van der Waals surface area contributed by atoms with Crippen molar-refractivity contribution in [2.75, 3.05) is 5.73 Å². The van der Waals surface area contributed by atoms with Crippen molar-refractivity contribution in [3.63, 3.8) is 0 Å². The van der Waals surface area contributed by atoms with Crippen molar-refractivity contribution >= 4 is 11.6 Å². The topological polar surface area (TPSA) is 68.3 Å². The second kappa shape index (κ2) is 5.09. The number of carbonyl (C=O) groups excluding carboxylic acids is 1. The molecule has 4 nitrogen and oxygen atoms in total. The second-order valence-corrected chi connectivity index (χ2v) is 4.06. The lowest BCUT2D eigenvalue weighted by molar-refractivity contribution is 0.0931. The van der Waals surface area contributed by atoms with Gasteiger partial charge in [-0.25, -0.2) is 8.78 Å². The molecule has 0 aliphatic carbocycles. The van der Waals surface area contributed by atoms with Crippen molar-refractivity contribution in [2.24, 2.45) is 0 Å². The van der Waals surface area contributed by atoms with Crippen LogP contribution in [-0.2, 0) is 0 Å². The molecule has 1 unspecified atom stereocenters. The molecule has 1 amide bonds. The summed E-state index contributed by atoms with van der Waals surface area (Å²) in [6.07, 6.45) is 1.47. The summed E-state index contributed by atoms with van der Waals surface area (Å²) in [6, 6.07) is 4.47. The molecular formula is C13H12F2N2O2. The van der Waals surface area contributed by atoms with Crippen molar-refractivity contribution < 1.29 is 18.0 Å².